The second kappa shape index (κ2) is 19.5. The Hall–Kier alpha value is -0.790. The lowest BCUT2D eigenvalue weighted by molar-refractivity contribution is -0.126. The molecule has 25 heavy (non-hydrogen) atoms. The van der Waals surface area contributed by atoms with Crippen LogP contribution in [0.5, 0.6) is 0 Å². The lowest BCUT2D eigenvalue weighted by Gasteiger charge is -2.03. The van der Waals surface area contributed by atoms with Crippen LogP contribution < -0.4 is 0 Å². The summed E-state index contributed by atoms with van der Waals surface area (Å²) in [5.74, 6) is 0.292. The number of rotatable bonds is 14. The van der Waals surface area contributed by atoms with Gasteiger partial charge in [-0.2, -0.15) is 0 Å². The van der Waals surface area contributed by atoms with E-state index in [1.807, 2.05) is 7.05 Å². The van der Waals surface area contributed by atoms with Crippen LogP contribution >= 0.6 is 0 Å². The van der Waals surface area contributed by atoms with Crippen LogP contribution in [-0.2, 0) is 4.79 Å². The molecular weight excluding hydrogens is 306 g/mol. The third kappa shape index (κ3) is 17.8. The molecule has 1 radical (unpaired) electrons. The number of carbonyl (C=O) groups is 1. The summed E-state index contributed by atoms with van der Waals surface area (Å²) >= 11 is 0. The number of allylic oxidation sites excluding steroid dienone is 2. The van der Waals surface area contributed by atoms with Crippen molar-refractivity contribution in [3.05, 3.63) is 19.1 Å². The van der Waals surface area contributed by atoms with Gasteiger partial charge < -0.3 is 4.90 Å². The maximum Gasteiger partial charge on any atom is 0.222 e. The molecule has 0 aromatic heterocycles. The molecule has 1 rings (SSSR count). The van der Waals surface area contributed by atoms with E-state index in [0.29, 0.717) is 5.91 Å². The number of hydrogen-bond acceptors (Lipinski definition) is 1. The number of hydrogen-bond donors (Lipinski definition) is 0. The van der Waals surface area contributed by atoms with E-state index >= 15 is 0 Å². The predicted molar refractivity (Wildman–Crippen MR) is 112 cm³/mol. The molecule has 0 bridgehead atoms. The fourth-order valence-electron chi connectivity index (χ4n) is 3.03. The monoisotopic (exact) mass is 350 g/mol. The quantitative estimate of drug-likeness (QED) is 0.242. The molecule has 0 N–H and O–H groups in total. The van der Waals surface area contributed by atoms with Crippen LogP contribution in [0, 0.1) is 6.92 Å². The highest BCUT2D eigenvalue weighted by molar-refractivity contribution is 5.77. The maximum atomic E-state index is 10.5. The second-order valence-corrected chi connectivity index (χ2v) is 7.36. The highest BCUT2D eigenvalue weighted by Crippen LogP contribution is 2.09. The maximum absolute atomic E-state index is 10.5. The van der Waals surface area contributed by atoms with Crippen molar-refractivity contribution in [1.29, 1.82) is 0 Å². The van der Waals surface area contributed by atoms with E-state index in [0.717, 1.165) is 25.8 Å². The van der Waals surface area contributed by atoms with Crippen LogP contribution in [0.2, 0.25) is 0 Å². The van der Waals surface area contributed by atoms with Crippen molar-refractivity contribution in [3.63, 3.8) is 0 Å². The molecule has 0 spiro atoms. The molecule has 2 nitrogen and oxygen atoms in total. The van der Waals surface area contributed by atoms with Crippen molar-refractivity contribution in [1.82, 2.24) is 4.90 Å². The summed E-state index contributed by atoms with van der Waals surface area (Å²) in [6.45, 7) is 7.11. The first-order valence-electron chi connectivity index (χ1n) is 10.9. The van der Waals surface area contributed by atoms with Gasteiger partial charge in [0.05, 0.1) is 0 Å². The molecule has 1 fully saturated rings. The summed E-state index contributed by atoms with van der Waals surface area (Å²) in [6, 6.07) is 0. The van der Waals surface area contributed by atoms with Gasteiger partial charge >= 0.3 is 0 Å². The Morgan fingerprint density at radius 2 is 1.40 bits per heavy atom. The van der Waals surface area contributed by atoms with Gasteiger partial charge in [0.25, 0.3) is 0 Å². The first-order valence-corrected chi connectivity index (χ1v) is 10.9. The van der Waals surface area contributed by atoms with Gasteiger partial charge in [0.2, 0.25) is 5.91 Å². The molecule has 2 heteroatoms. The standard InChI is InChI=1S/C18H35.C5H9NO/c1-3-5-7-9-11-13-15-17-18-16-14-12-10-8-6-4-2;1-6-4-2-3-5(6)7/h17-18H,1,3-16H2,2H3;2-4H2,1H3/b18-17-;. The van der Waals surface area contributed by atoms with Gasteiger partial charge in [-0.1, -0.05) is 90.2 Å². The van der Waals surface area contributed by atoms with E-state index in [4.69, 9.17) is 0 Å². The van der Waals surface area contributed by atoms with E-state index in [9.17, 15) is 4.79 Å². The predicted octanol–water partition coefficient (Wildman–Crippen LogP) is 7.10. The molecule has 1 aliphatic rings. The third-order valence-corrected chi connectivity index (χ3v) is 4.82. The summed E-state index contributed by atoms with van der Waals surface area (Å²) in [5.41, 5.74) is 0. The van der Waals surface area contributed by atoms with Gasteiger partial charge in [0.15, 0.2) is 0 Å². The molecule has 147 valence electrons. The molecule has 1 saturated heterocycles. The molecule has 0 unspecified atom stereocenters. The summed E-state index contributed by atoms with van der Waals surface area (Å²) in [6.07, 6.45) is 25.7. The van der Waals surface area contributed by atoms with Gasteiger partial charge in [-0.25, -0.2) is 0 Å². The minimum absolute atomic E-state index is 0.292. The molecule has 0 atom stereocenters. The van der Waals surface area contributed by atoms with Gasteiger partial charge in [-0.15, -0.1) is 0 Å². The van der Waals surface area contributed by atoms with Gasteiger partial charge in [0, 0.05) is 20.0 Å². The molecular formula is C23H44NO. The Morgan fingerprint density at radius 1 is 0.880 bits per heavy atom. The molecule has 1 aliphatic heterocycles. The van der Waals surface area contributed by atoms with Crippen LogP contribution in [0.3, 0.4) is 0 Å². The summed E-state index contributed by atoms with van der Waals surface area (Å²) in [4.78, 5) is 12.3. The van der Waals surface area contributed by atoms with Crippen molar-refractivity contribution >= 4 is 5.91 Å². The van der Waals surface area contributed by atoms with Crippen molar-refractivity contribution < 1.29 is 4.79 Å². The largest absolute Gasteiger partial charge is 0.346 e. The SMILES string of the molecule is CN1CCCC1=O.[CH2]CCCCCCC/C=C\CCCCCCCC. The molecule has 0 saturated carbocycles. The topological polar surface area (TPSA) is 20.3 Å². The van der Waals surface area contributed by atoms with Crippen molar-refractivity contribution in [2.24, 2.45) is 0 Å². The summed E-state index contributed by atoms with van der Waals surface area (Å²) in [7, 11) is 1.84. The van der Waals surface area contributed by atoms with Crippen LogP contribution in [0.4, 0.5) is 0 Å². The fourth-order valence-corrected chi connectivity index (χ4v) is 3.03. The smallest absolute Gasteiger partial charge is 0.222 e. The van der Waals surface area contributed by atoms with E-state index in [-0.39, 0.29) is 0 Å². The minimum Gasteiger partial charge on any atom is -0.346 e. The average Bonchev–Trinajstić information content (AvgIpc) is 2.99. The molecule has 0 aromatic rings. The Kier molecular flexibility index (Phi) is 18.9. The number of likely N-dealkylation sites (tertiary alicyclic amines) is 1. The van der Waals surface area contributed by atoms with E-state index in [2.05, 4.69) is 26.0 Å². The second-order valence-electron chi connectivity index (χ2n) is 7.36. The summed E-state index contributed by atoms with van der Waals surface area (Å²) < 4.78 is 0. The number of carbonyl (C=O) groups excluding carboxylic acids is 1. The molecule has 1 amide bonds. The Labute approximate surface area is 158 Å². The third-order valence-electron chi connectivity index (χ3n) is 4.82. The highest BCUT2D eigenvalue weighted by atomic mass is 16.2. The van der Waals surface area contributed by atoms with Crippen molar-refractivity contribution in [2.75, 3.05) is 13.6 Å². The number of nitrogens with zero attached hydrogens (tertiary/aromatic N) is 1. The highest BCUT2D eigenvalue weighted by Gasteiger charge is 2.14. The molecule has 0 aromatic carbocycles. The van der Waals surface area contributed by atoms with E-state index < -0.39 is 0 Å². The van der Waals surface area contributed by atoms with Gasteiger partial charge in [-0.3, -0.25) is 4.79 Å². The zero-order valence-electron chi connectivity index (χ0n) is 17.2. The fraction of sp³-hybridized carbons (Fsp3) is 0.826. The molecule has 0 aliphatic carbocycles. The van der Waals surface area contributed by atoms with Crippen LogP contribution in [0.1, 0.15) is 110 Å². The number of unbranched alkanes of at least 4 members (excludes halogenated alkanes) is 12. The van der Waals surface area contributed by atoms with Gasteiger partial charge in [-0.05, 0) is 32.1 Å². The van der Waals surface area contributed by atoms with Crippen molar-refractivity contribution in [3.8, 4) is 0 Å². The summed E-state index contributed by atoms with van der Waals surface area (Å²) in [5, 5.41) is 0. The van der Waals surface area contributed by atoms with Crippen LogP contribution in [0.25, 0.3) is 0 Å². The Morgan fingerprint density at radius 3 is 1.80 bits per heavy atom. The molecule has 1 heterocycles. The zero-order valence-corrected chi connectivity index (χ0v) is 17.2. The average molecular weight is 351 g/mol. The first-order chi connectivity index (χ1) is 12.2. The van der Waals surface area contributed by atoms with Crippen LogP contribution in [0.15, 0.2) is 12.2 Å². The Bertz CT molecular complexity index is 293. The minimum atomic E-state index is 0.292. The zero-order chi connectivity index (χ0) is 18.6. The normalized spacial score (nSPS) is 14.2. The first kappa shape index (κ1) is 24.2. The lowest BCUT2D eigenvalue weighted by Crippen LogP contribution is -2.17. The number of amides is 1. The van der Waals surface area contributed by atoms with Crippen LogP contribution in [-0.4, -0.2) is 24.4 Å². The lowest BCUT2D eigenvalue weighted by atomic mass is 10.1. The Balaban J connectivity index is 0.000000676. The van der Waals surface area contributed by atoms with Gasteiger partial charge in [0.1, 0.15) is 0 Å². The van der Waals surface area contributed by atoms with E-state index in [1.54, 1.807) is 4.90 Å². The van der Waals surface area contributed by atoms with E-state index in [1.165, 1.54) is 83.5 Å². The van der Waals surface area contributed by atoms with Crippen molar-refractivity contribution in [2.45, 2.75) is 110 Å².